The Morgan fingerprint density at radius 1 is 1.45 bits per heavy atom. The molecule has 0 spiro atoms. The average Bonchev–Trinajstić information content (AvgIpc) is 2.66. The van der Waals surface area contributed by atoms with Crippen LogP contribution >= 0.6 is 15.9 Å². The van der Waals surface area contributed by atoms with E-state index in [1.54, 1.807) is 0 Å². The summed E-state index contributed by atoms with van der Waals surface area (Å²) in [6.07, 6.45) is 3.89. The maximum absolute atomic E-state index is 4.49. The van der Waals surface area contributed by atoms with Gasteiger partial charge in [0.2, 0.25) is 0 Å². The van der Waals surface area contributed by atoms with Crippen LogP contribution in [-0.4, -0.2) is 40.9 Å². The third kappa shape index (κ3) is 4.06. The summed E-state index contributed by atoms with van der Waals surface area (Å²) in [7, 11) is 2.04. The summed E-state index contributed by atoms with van der Waals surface area (Å²) in [5.74, 6) is 0.795. The first-order valence-corrected chi connectivity index (χ1v) is 8.52. The van der Waals surface area contributed by atoms with E-state index in [0.717, 1.165) is 31.2 Å². The molecule has 5 heteroatoms. The summed E-state index contributed by atoms with van der Waals surface area (Å²) in [6.45, 7) is 10.00. The van der Waals surface area contributed by atoms with Gasteiger partial charge >= 0.3 is 0 Å². The highest BCUT2D eigenvalue weighted by Crippen LogP contribution is 2.24. The number of nitrogens with one attached hydrogen (secondary N) is 1. The summed E-state index contributed by atoms with van der Waals surface area (Å²) in [4.78, 5) is 2.57. The van der Waals surface area contributed by atoms with E-state index < -0.39 is 0 Å². The molecule has 0 saturated carbocycles. The molecule has 114 valence electrons. The zero-order valence-electron chi connectivity index (χ0n) is 13.0. The van der Waals surface area contributed by atoms with E-state index >= 15 is 0 Å². The van der Waals surface area contributed by atoms with Gasteiger partial charge in [-0.15, -0.1) is 0 Å². The van der Waals surface area contributed by atoms with Gasteiger partial charge in [-0.25, -0.2) is 0 Å². The first-order valence-electron chi connectivity index (χ1n) is 7.72. The van der Waals surface area contributed by atoms with Gasteiger partial charge in [0, 0.05) is 20.1 Å². The molecule has 1 saturated heterocycles. The minimum Gasteiger partial charge on any atom is -0.316 e. The van der Waals surface area contributed by atoms with Gasteiger partial charge in [0.05, 0.1) is 15.9 Å². The molecule has 0 aromatic carbocycles. The molecule has 1 fully saturated rings. The van der Waals surface area contributed by atoms with Crippen molar-refractivity contribution in [3.8, 4) is 0 Å². The quantitative estimate of drug-likeness (QED) is 0.807. The van der Waals surface area contributed by atoms with E-state index in [-0.39, 0.29) is 0 Å². The summed E-state index contributed by atoms with van der Waals surface area (Å²) in [6, 6.07) is 0. The van der Waals surface area contributed by atoms with Gasteiger partial charge in [0.15, 0.2) is 0 Å². The molecule has 1 aromatic rings. The van der Waals surface area contributed by atoms with Crippen LogP contribution in [0.3, 0.4) is 0 Å². The van der Waals surface area contributed by atoms with Crippen molar-refractivity contribution in [2.24, 2.45) is 13.0 Å². The fourth-order valence-electron chi connectivity index (χ4n) is 3.01. The van der Waals surface area contributed by atoms with Crippen LogP contribution in [0, 0.1) is 12.8 Å². The molecule has 4 nitrogen and oxygen atoms in total. The number of hydrogen-bond donors (Lipinski definition) is 1. The predicted molar refractivity (Wildman–Crippen MR) is 86.8 cm³/mol. The highest BCUT2D eigenvalue weighted by molar-refractivity contribution is 9.10. The van der Waals surface area contributed by atoms with Crippen LogP contribution < -0.4 is 5.32 Å². The van der Waals surface area contributed by atoms with E-state index in [2.05, 4.69) is 45.1 Å². The largest absolute Gasteiger partial charge is 0.316 e. The Morgan fingerprint density at radius 2 is 2.25 bits per heavy atom. The van der Waals surface area contributed by atoms with Crippen LogP contribution in [-0.2, 0) is 13.6 Å². The van der Waals surface area contributed by atoms with Crippen molar-refractivity contribution >= 4 is 15.9 Å². The summed E-state index contributed by atoms with van der Waals surface area (Å²) in [5.41, 5.74) is 2.38. The topological polar surface area (TPSA) is 33.1 Å². The van der Waals surface area contributed by atoms with Crippen LogP contribution in [0.2, 0.25) is 0 Å². The number of rotatable bonds is 6. The highest BCUT2D eigenvalue weighted by Gasteiger charge is 2.22. The monoisotopic (exact) mass is 342 g/mol. The van der Waals surface area contributed by atoms with Crippen molar-refractivity contribution in [3.63, 3.8) is 0 Å². The number of piperidine rings is 1. The second-order valence-corrected chi connectivity index (χ2v) is 6.71. The van der Waals surface area contributed by atoms with Crippen molar-refractivity contribution in [1.29, 1.82) is 0 Å². The van der Waals surface area contributed by atoms with Gasteiger partial charge in [0.1, 0.15) is 0 Å². The smallest absolute Gasteiger partial charge is 0.0739 e. The Hall–Kier alpha value is -0.390. The molecule has 20 heavy (non-hydrogen) atoms. The molecule has 1 aromatic heterocycles. The molecule has 1 atom stereocenters. The molecule has 1 aliphatic rings. The lowest BCUT2D eigenvalue weighted by Gasteiger charge is -2.33. The second-order valence-electron chi connectivity index (χ2n) is 5.92. The van der Waals surface area contributed by atoms with E-state index in [4.69, 9.17) is 0 Å². The lowest BCUT2D eigenvalue weighted by Crippen LogP contribution is -2.39. The fourth-order valence-corrected chi connectivity index (χ4v) is 3.47. The standard InChI is InChI=1S/C15H27BrN4/c1-4-7-17-9-13-6-5-8-20(10-13)11-14-15(16)12(2)18-19(14)3/h13,17H,4-11H2,1-3H3. The van der Waals surface area contributed by atoms with Gasteiger partial charge < -0.3 is 5.32 Å². The van der Waals surface area contributed by atoms with Gasteiger partial charge in [-0.05, 0) is 67.7 Å². The lowest BCUT2D eigenvalue weighted by atomic mass is 9.98. The molecule has 0 radical (unpaired) electrons. The highest BCUT2D eigenvalue weighted by atomic mass is 79.9. The van der Waals surface area contributed by atoms with Crippen LogP contribution in [0.4, 0.5) is 0 Å². The Labute approximate surface area is 131 Å². The fraction of sp³-hybridized carbons (Fsp3) is 0.800. The molecular weight excluding hydrogens is 316 g/mol. The molecule has 0 aliphatic carbocycles. The summed E-state index contributed by atoms with van der Waals surface area (Å²) in [5, 5.41) is 8.05. The maximum atomic E-state index is 4.49. The molecule has 1 unspecified atom stereocenters. The van der Waals surface area contributed by atoms with Crippen molar-refractivity contribution < 1.29 is 0 Å². The first-order chi connectivity index (χ1) is 9.61. The SMILES string of the molecule is CCCNCC1CCCN(Cc2c(Br)c(C)nn2C)C1. The van der Waals surface area contributed by atoms with Crippen LogP contribution in [0.1, 0.15) is 37.6 Å². The van der Waals surface area contributed by atoms with E-state index in [1.807, 2.05) is 11.7 Å². The predicted octanol–water partition coefficient (Wildman–Crippen LogP) is 2.70. The Bertz CT molecular complexity index is 430. The molecule has 1 aliphatic heterocycles. The van der Waals surface area contributed by atoms with E-state index in [9.17, 15) is 0 Å². The van der Waals surface area contributed by atoms with Crippen molar-refractivity contribution in [2.75, 3.05) is 26.2 Å². The van der Waals surface area contributed by atoms with E-state index in [1.165, 1.54) is 42.5 Å². The van der Waals surface area contributed by atoms with Gasteiger partial charge in [0.25, 0.3) is 0 Å². The minimum atomic E-state index is 0.795. The third-order valence-electron chi connectivity index (χ3n) is 4.10. The summed E-state index contributed by atoms with van der Waals surface area (Å²) < 4.78 is 3.18. The molecule has 2 heterocycles. The molecular formula is C15H27BrN4. The van der Waals surface area contributed by atoms with Crippen LogP contribution in [0.25, 0.3) is 0 Å². The van der Waals surface area contributed by atoms with Crippen molar-refractivity contribution in [3.05, 3.63) is 15.9 Å². The molecule has 2 rings (SSSR count). The molecule has 0 bridgehead atoms. The zero-order valence-corrected chi connectivity index (χ0v) is 14.5. The minimum absolute atomic E-state index is 0.795. The van der Waals surface area contributed by atoms with Gasteiger partial charge in [-0.2, -0.15) is 5.10 Å². The number of halogens is 1. The zero-order chi connectivity index (χ0) is 14.5. The maximum Gasteiger partial charge on any atom is 0.0739 e. The number of aryl methyl sites for hydroxylation is 2. The number of aromatic nitrogens is 2. The van der Waals surface area contributed by atoms with Crippen molar-refractivity contribution in [2.45, 2.75) is 39.7 Å². The Balaban J connectivity index is 1.89. The van der Waals surface area contributed by atoms with Crippen molar-refractivity contribution in [1.82, 2.24) is 20.0 Å². The summed E-state index contributed by atoms with van der Waals surface area (Å²) >= 11 is 3.67. The third-order valence-corrected chi connectivity index (χ3v) is 5.13. The van der Waals surface area contributed by atoms with Gasteiger partial charge in [-0.1, -0.05) is 6.92 Å². The molecule has 0 amide bonds. The Morgan fingerprint density at radius 3 is 2.90 bits per heavy atom. The molecule has 1 N–H and O–H groups in total. The average molecular weight is 343 g/mol. The van der Waals surface area contributed by atoms with Crippen LogP contribution in [0.15, 0.2) is 4.47 Å². The lowest BCUT2D eigenvalue weighted by molar-refractivity contribution is 0.162. The normalized spacial score (nSPS) is 20.5. The number of hydrogen-bond acceptors (Lipinski definition) is 3. The van der Waals surface area contributed by atoms with E-state index in [0.29, 0.717) is 0 Å². The first kappa shape index (κ1) is 16.0. The van der Waals surface area contributed by atoms with Gasteiger partial charge in [-0.3, -0.25) is 9.58 Å². The number of likely N-dealkylation sites (tertiary alicyclic amines) is 1. The Kier molecular flexibility index (Phi) is 6.05. The number of nitrogens with zero attached hydrogens (tertiary/aromatic N) is 3. The van der Waals surface area contributed by atoms with Crippen LogP contribution in [0.5, 0.6) is 0 Å². The second kappa shape index (κ2) is 7.57.